The number of rotatable bonds is 6. The topological polar surface area (TPSA) is 29.5 Å². The maximum absolute atomic E-state index is 11.6. The second kappa shape index (κ2) is 6.97. The first-order chi connectivity index (χ1) is 6.02. The van der Waals surface area contributed by atoms with Crippen molar-refractivity contribution in [3.05, 3.63) is 11.6 Å². The number of hydrogen-bond donors (Lipinski definition) is 1. The molecule has 0 radical (unpaired) electrons. The summed E-state index contributed by atoms with van der Waals surface area (Å²) < 4.78 is 27.7. The van der Waals surface area contributed by atoms with Crippen LogP contribution in [0.3, 0.4) is 0 Å². The molecule has 0 aliphatic rings. The van der Waals surface area contributed by atoms with Gasteiger partial charge in [0.25, 0.3) is 6.43 Å². The summed E-state index contributed by atoms with van der Waals surface area (Å²) in [5.41, 5.74) is 1.00. The molecule has 1 atom stereocenters. The Labute approximate surface area is 77.2 Å². The lowest BCUT2D eigenvalue weighted by atomic mass is 10.2. The molecule has 0 saturated carbocycles. The van der Waals surface area contributed by atoms with E-state index >= 15 is 0 Å². The number of aliphatic hydroxyl groups is 1. The maximum atomic E-state index is 11.6. The largest absolute Gasteiger partial charge is 0.389 e. The number of ether oxygens (including phenoxy) is 1. The van der Waals surface area contributed by atoms with E-state index in [1.54, 1.807) is 6.08 Å². The number of hydrogen-bond acceptors (Lipinski definition) is 2. The van der Waals surface area contributed by atoms with Gasteiger partial charge in [-0.25, -0.2) is 8.78 Å². The number of aliphatic hydroxyl groups excluding tert-OH is 1. The van der Waals surface area contributed by atoms with Gasteiger partial charge in [0.15, 0.2) is 0 Å². The van der Waals surface area contributed by atoms with Crippen LogP contribution in [0, 0.1) is 0 Å². The van der Waals surface area contributed by atoms with Crippen molar-refractivity contribution in [1.82, 2.24) is 0 Å². The fraction of sp³-hybridized carbons (Fsp3) is 0.778. The van der Waals surface area contributed by atoms with Crippen molar-refractivity contribution in [3.8, 4) is 0 Å². The zero-order chi connectivity index (χ0) is 10.3. The van der Waals surface area contributed by atoms with E-state index in [0.717, 1.165) is 5.57 Å². The standard InChI is InChI=1S/C9H16F2O2/c1-7(2)5-8(12)3-4-13-6-9(10)11/h5,8-9,12H,3-4,6H2,1-2H3. The van der Waals surface area contributed by atoms with Crippen molar-refractivity contribution in [2.45, 2.75) is 32.8 Å². The molecule has 0 aromatic rings. The minimum atomic E-state index is -2.43. The Hall–Kier alpha value is -0.480. The summed E-state index contributed by atoms with van der Waals surface area (Å²) in [7, 11) is 0. The van der Waals surface area contributed by atoms with Gasteiger partial charge in [-0.15, -0.1) is 0 Å². The van der Waals surface area contributed by atoms with Gasteiger partial charge in [0, 0.05) is 13.0 Å². The Bertz CT molecular complexity index is 154. The minimum Gasteiger partial charge on any atom is -0.389 e. The minimum absolute atomic E-state index is 0.162. The molecule has 1 N–H and O–H groups in total. The zero-order valence-corrected chi connectivity index (χ0v) is 7.96. The molecule has 0 aliphatic heterocycles. The highest BCUT2D eigenvalue weighted by Crippen LogP contribution is 2.00. The van der Waals surface area contributed by atoms with Crippen LogP contribution in [0.25, 0.3) is 0 Å². The average molecular weight is 194 g/mol. The molecular formula is C9H16F2O2. The van der Waals surface area contributed by atoms with Gasteiger partial charge >= 0.3 is 0 Å². The Balaban J connectivity index is 3.37. The molecule has 4 heteroatoms. The van der Waals surface area contributed by atoms with Gasteiger partial charge in [0.2, 0.25) is 0 Å². The van der Waals surface area contributed by atoms with E-state index in [4.69, 9.17) is 0 Å². The summed E-state index contributed by atoms with van der Waals surface area (Å²) in [5, 5.41) is 9.24. The second-order valence-corrected chi connectivity index (χ2v) is 3.07. The molecule has 13 heavy (non-hydrogen) atoms. The summed E-state index contributed by atoms with van der Waals surface area (Å²) in [5.74, 6) is 0. The van der Waals surface area contributed by atoms with Crippen molar-refractivity contribution in [2.75, 3.05) is 13.2 Å². The lowest BCUT2D eigenvalue weighted by Gasteiger charge is -2.06. The van der Waals surface area contributed by atoms with E-state index in [1.807, 2.05) is 13.8 Å². The SMILES string of the molecule is CC(C)=CC(O)CCOCC(F)F. The molecule has 0 aliphatic carbocycles. The predicted octanol–water partition coefficient (Wildman–Crippen LogP) is 1.99. The summed E-state index contributed by atoms with van der Waals surface area (Å²) in [6.45, 7) is 3.34. The highest BCUT2D eigenvalue weighted by Gasteiger charge is 2.03. The summed E-state index contributed by atoms with van der Waals surface area (Å²) in [6.07, 6.45) is -0.993. The third-order valence-corrected chi connectivity index (χ3v) is 1.33. The molecule has 0 heterocycles. The fourth-order valence-corrected chi connectivity index (χ4v) is 0.845. The Morgan fingerprint density at radius 1 is 1.46 bits per heavy atom. The highest BCUT2D eigenvalue weighted by atomic mass is 19.3. The predicted molar refractivity (Wildman–Crippen MR) is 46.9 cm³/mol. The van der Waals surface area contributed by atoms with Crippen LogP contribution in [0.15, 0.2) is 11.6 Å². The second-order valence-electron chi connectivity index (χ2n) is 3.07. The molecule has 2 nitrogen and oxygen atoms in total. The molecule has 78 valence electrons. The number of halogens is 2. The van der Waals surface area contributed by atoms with Crippen LogP contribution in [0.1, 0.15) is 20.3 Å². The quantitative estimate of drug-likeness (QED) is 0.517. The van der Waals surface area contributed by atoms with Crippen molar-refractivity contribution in [1.29, 1.82) is 0 Å². The molecule has 1 unspecified atom stereocenters. The van der Waals surface area contributed by atoms with Gasteiger partial charge in [0.1, 0.15) is 6.61 Å². The Kier molecular flexibility index (Phi) is 6.72. The van der Waals surface area contributed by atoms with Gasteiger partial charge in [-0.05, 0) is 13.8 Å². The monoisotopic (exact) mass is 194 g/mol. The molecule has 0 fully saturated rings. The summed E-state index contributed by atoms with van der Waals surface area (Å²) in [4.78, 5) is 0. The van der Waals surface area contributed by atoms with Gasteiger partial charge in [-0.1, -0.05) is 11.6 Å². The van der Waals surface area contributed by atoms with Crippen molar-refractivity contribution >= 4 is 0 Å². The van der Waals surface area contributed by atoms with Crippen LogP contribution in [0.4, 0.5) is 8.78 Å². The maximum Gasteiger partial charge on any atom is 0.261 e. The average Bonchev–Trinajstić information content (AvgIpc) is 1.96. The molecule has 0 aromatic carbocycles. The zero-order valence-electron chi connectivity index (χ0n) is 7.96. The van der Waals surface area contributed by atoms with Gasteiger partial charge in [-0.2, -0.15) is 0 Å². The van der Waals surface area contributed by atoms with Crippen LogP contribution in [0.2, 0.25) is 0 Å². The van der Waals surface area contributed by atoms with E-state index in [2.05, 4.69) is 4.74 Å². The molecule has 0 bridgehead atoms. The number of allylic oxidation sites excluding steroid dienone is 1. The van der Waals surface area contributed by atoms with Crippen LogP contribution >= 0.6 is 0 Å². The summed E-state index contributed by atoms with van der Waals surface area (Å²) >= 11 is 0. The van der Waals surface area contributed by atoms with E-state index in [-0.39, 0.29) is 6.61 Å². The molecule has 0 saturated heterocycles. The molecule has 0 aromatic heterocycles. The van der Waals surface area contributed by atoms with Crippen LogP contribution in [-0.4, -0.2) is 30.8 Å². The van der Waals surface area contributed by atoms with E-state index < -0.39 is 19.1 Å². The van der Waals surface area contributed by atoms with Crippen molar-refractivity contribution < 1.29 is 18.6 Å². The van der Waals surface area contributed by atoms with Crippen molar-refractivity contribution in [2.24, 2.45) is 0 Å². The van der Waals surface area contributed by atoms with E-state index in [9.17, 15) is 13.9 Å². The first-order valence-corrected chi connectivity index (χ1v) is 4.21. The molecule has 0 rings (SSSR count). The van der Waals surface area contributed by atoms with Crippen LogP contribution < -0.4 is 0 Å². The Morgan fingerprint density at radius 3 is 2.54 bits per heavy atom. The van der Waals surface area contributed by atoms with Gasteiger partial charge < -0.3 is 9.84 Å². The smallest absolute Gasteiger partial charge is 0.261 e. The molecular weight excluding hydrogens is 178 g/mol. The molecule has 0 spiro atoms. The third-order valence-electron chi connectivity index (χ3n) is 1.33. The van der Waals surface area contributed by atoms with E-state index in [1.165, 1.54) is 0 Å². The van der Waals surface area contributed by atoms with Crippen LogP contribution in [0.5, 0.6) is 0 Å². The highest BCUT2D eigenvalue weighted by molar-refractivity contribution is 4.97. The summed E-state index contributed by atoms with van der Waals surface area (Å²) in [6, 6.07) is 0. The van der Waals surface area contributed by atoms with Gasteiger partial charge in [0.05, 0.1) is 6.10 Å². The van der Waals surface area contributed by atoms with Gasteiger partial charge in [-0.3, -0.25) is 0 Å². The number of alkyl halides is 2. The molecule has 0 amide bonds. The fourth-order valence-electron chi connectivity index (χ4n) is 0.845. The Morgan fingerprint density at radius 2 is 2.08 bits per heavy atom. The first-order valence-electron chi connectivity index (χ1n) is 4.21. The van der Waals surface area contributed by atoms with Crippen LogP contribution in [-0.2, 0) is 4.74 Å². The van der Waals surface area contributed by atoms with E-state index in [0.29, 0.717) is 6.42 Å². The third kappa shape index (κ3) is 9.43. The first kappa shape index (κ1) is 12.5. The normalized spacial score (nSPS) is 13.1. The lowest BCUT2D eigenvalue weighted by Crippen LogP contribution is -2.11. The van der Waals surface area contributed by atoms with Crippen molar-refractivity contribution in [3.63, 3.8) is 0 Å². The lowest BCUT2D eigenvalue weighted by molar-refractivity contribution is 0.00886.